The summed E-state index contributed by atoms with van der Waals surface area (Å²) >= 11 is 0. The minimum Gasteiger partial charge on any atom is -0.368 e. The van der Waals surface area contributed by atoms with Gasteiger partial charge in [0.2, 0.25) is 5.91 Å². The van der Waals surface area contributed by atoms with E-state index < -0.39 is 31.1 Å². The fourth-order valence-corrected chi connectivity index (χ4v) is 1.43. The largest absolute Gasteiger partial charge is 0.401 e. The monoisotopic (exact) mass is 282 g/mol. The predicted octanol–water partition coefficient (Wildman–Crippen LogP) is 2.30. The van der Waals surface area contributed by atoms with E-state index in [0.717, 1.165) is 24.3 Å². The van der Waals surface area contributed by atoms with Crippen molar-refractivity contribution in [2.75, 3.05) is 6.54 Å². The second kappa shape index (κ2) is 5.96. The first-order valence-electron chi connectivity index (χ1n) is 5.18. The standard InChI is InChI=1S/C11H11F5N2O/c12-9(13)7-3-1-6(2-4-7)8(10(17)19)18-5-11(14,15)16/h1-4,8-9,18H,5H2,(H2,17,19). The van der Waals surface area contributed by atoms with E-state index in [1.54, 1.807) is 0 Å². The third-order valence-electron chi connectivity index (χ3n) is 2.31. The lowest BCUT2D eigenvalue weighted by Gasteiger charge is -2.17. The Morgan fingerprint density at radius 3 is 2.00 bits per heavy atom. The van der Waals surface area contributed by atoms with Crippen molar-refractivity contribution in [3.8, 4) is 0 Å². The molecule has 0 spiro atoms. The van der Waals surface area contributed by atoms with Crippen molar-refractivity contribution in [3.63, 3.8) is 0 Å². The number of nitrogens with one attached hydrogen (secondary N) is 1. The van der Waals surface area contributed by atoms with Gasteiger partial charge in [0.15, 0.2) is 0 Å². The lowest BCUT2D eigenvalue weighted by Crippen LogP contribution is -2.38. The number of hydrogen-bond acceptors (Lipinski definition) is 2. The molecule has 1 aromatic carbocycles. The van der Waals surface area contributed by atoms with Crippen LogP contribution in [0.25, 0.3) is 0 Å². The third kappa shape index (κ3) is 4.82. The normalized spacial score (nSPS) is 13.6. The molecule has 0 heterocycles. The highest BCUT2D eigenvalue weighted by atomic mass is 19.4. The number of carbonyl (C=O) groups excluding carboxylic acids is 1. The van der Waals surface area contributed by atoms with Gasteiger partial charge in [0.05, 0.1) is 6.54 Å². The van der Waals surface area contributed by atoms with Gasteiger partial charge >= 0.3 is 6.18 Å². The van der Waals surface area contributed by atoms with Gasteiger partial charge in [-0.15, -0.1) is 0 Å². The van der Waals surface area contributed by atoms with Gasteiger partial charge in [-0.3, -0.25) is 10.1 Å². The minimum atomic E-state index is -4.50. The molecule has 106 valence electrons. The Morgan fingerprint density at radius 2 is 1.63 bits per heavy atom. The highest BCUT2D eigenvalue weighted by Crippen LogP contribution is 2.22. The number of nitrogens with two attached hydrogens (primary N) is 1. The molecule has 1 amide bonds. The molecule has 1 unspecified atom stereocenters. The van der Waals surface area contributed by atoms with Crippen LogP contribution in [0.1, 0.15) is 23.6 Å². The first-order chi connectivity index (χ1) is 8.70. The molecule has 8 heteroatoms. The van der Waals surface area contributed by atoms with Gasteiger partial charge < -0.3 is 5.73 Å². The molecule has 0 fully saturated rings. The van der Waals surface area contributed by atoms with Crippen LogP contribution in [0.2, 0.25) is 0 Å². The predicted molar refractivity (Wildman–Crippen MR) is 57.4 cm³/mol. The van der Waals surface area contributed by atoms with Crippen LogP contribution in [0.5, 0.6) is 0 Å². The maximum Gasteiger partial charge on any atom is 0.401 e. The molecular formula is C11H11F5N2O. The second-order valence-electron chi connectivity index (χ2n) is 3.80. The Kier molecular flexibility index (Phi) is 4.82. The van der Waals surface area contributed by atoms with Crippen molar-refractivity contribution >= 4 is 5.91 Å². The van der Waals surface area contributed by atoms with E-state index in [0.29, 0.717) is 0 Å². The molecular weight excluding hydrogens is 271 g/mol. The van der Waals surface area contributed by atoms with Crippen molar-refractivity contribution in [2.24, 2.45) is 5.73 Å². The summed E-state index contributed by atoms with van der Waals surface area (Å²) in [5, 5.41) is 1.94. The zero-order valence-corrected chi connectivity index (χ0v) is 9.55. The van der Waals surface area contributed by atoms with Crippen LogP contribution in [0.4, 0.5) is 22.0 Å². The van der Waals surface area contributed by atoms with Gasteiger partial charge in [-0.1, -0.05) is 24.3 Å². The molecule has 0 saturated heterocycles. The van der Waals surface area contributed by atoms with E-state index in [1.165, 1.54) is 0 Å². The molecule has 1 aromatic rings. The Bertz CT molecular complexity index is 430. The number of halogens is 5. The summed E-state index contributed by atoms with van der Waals surface area (Å²) in [5.74, 6) is -1.02. The summed E-state index contributed by atoms with van der Waals surface area (Å²) in [5.41, 5.74) is 4.79. The minimum absolute atomic E-state index is 0.0983. The summed E-state index contributed by atoms with van der Waals surface area (Å²) in [4.78, 5) is 11.1. The molecule has 1 atom stereocenters. The maximum absolute atomic E-state index is 12.3. The Morgan fingerprint density at radius 1 is 1.16 bits per heavy atom. The number of primary amides is 1. The number of hydrogen-bond donors (Lipinski definition) is 2. The maximum atomic E-state index is 12.3. The SMILES string of the molecule is NC(=O)C(NCC(F)(F)F)c1ccc(C(F)F)cc1. The molecule has 0 aromatic heterocycles. The molecule has 3 N–H and O–H groups in total. The van der Waals surface area contributed by atoms with Crippen molar-refractivity contribution < 1.29 is 26.7 Å². The first kappa shape index (κ1) is 15.4. The summed E-state index contributed by atoms with van der Waals surface area (Å²) in [6.07, 6.45) is -7.19. The lowest BCUT2D eigenvalue weighted by atomic mass is 10.0. The van der Waals surface area contributed by atoms with Gasteiger partial charge in [0.25, 0.3) is 6.43 Å². The van der Waals surface area contributed by atoms with Crippen LogP contribution in [-0.4, -0.2) is 18.6 Å². The summed E-state index contributed by atoms with van der Waals surface area (Å²) in [7, 11) is 0. The molecule has 3 nitrogen and oxygen atoms in total. The van der Waals surface area contributed by atoms with E-state index in [1.807, 2.05) is 5.32 Å². The van der Waals surface area contributed by atoms with Crippen LogP contribution in [-0.2, 0) is 4.79 Å². The number of benzene rings is 1. The molecule has 0 radical (unpaired) electrons. The second-order valence-corrected chi connectivity index (χ2v) is 3.80. The van der Waals surface area contributed by atoms with E-state index >= 15 is 0 Å². The molecule has 0 saturated carbocycles. The molecule has 0 aliphatic rings. The number of amides is 1. The van der Waals surface area contributed by atoms with E-state index in [2.05, 4.69) is 0 Å². The Hall–Kier alpha value is -1.70. The smallest absolute Gasteiger partial charge is 0.368 e. The number of carbonyl (C=O) groups is 1. The average molecular weight is 282 g/mol. The molecule has 19 heavy (non-hydrogen) atoms. The van der Waals surface area contributed by atoms with Crippen LogP contribution < -0.4 is 11.1 Å². The topological polar surface area (TPSA) is 55.1 Å². The number of rotatable bonds is 5. The average Bonchev–Trinajstić information content (AvgIpc) is 2.27. The van der Waals surface area contributed by atoms with Crippen LogP contribution in [0, 0.1) is 0 Å². The van der Waals surface area contributed by atoms with Gasteiger partial charge in [0, 0.05) is 5.56 Å². The summed E-state index contributed by atoms with van der Waals surface area (Å²) in [6, 6.07) is 2.96. The highest BCUT2D eigenvalue weighted by Gasteiger charge is 2.30. The van der Waals surface area contributed by atoms with Gasteiger partial charge in [-0.25, -0.2) is 8.78 Å². The molecule has 0 bridgehead atoms. The lowest BCUT2D eigenvalue weighted by molar-refractivity contribution is -0.130. The van der Waals surface area contributed by atoms with Crippen molar-refractivity contribution in [1.29, 1.82) is 0 Å². The fraction of sp³-hybridized carbons (Fsp3) is 0.364. The van der Waals surface area contributed by atoms with Gasteiger partial charge in [-0.05, 0) is 5.56 Å². The Labute approximate surface area is 105 Å². The highest BCUT2D eigenvalue weighted by molar-refractivity contribution is 5.81. The van der Waals surface area contributed by atoms with Gasteiger partial charge in [0.1, 0.15) is 6.04 Å². The zero-order valence-electron chi connectivity index (χ0n) is 9.55. The van der Waals surface area contributed by atoms with Crippen molar-refractivity contribution in [1.82, 2.24) is 5.32 Å². The number of alkyl halides is 5. The Balaban J connectivity index is 2.84. The van der Waals surface area contributed by atoms with Gasteiger partial charge in [-0.2, -0.15) is 13.2 Å². The van der Waals surface area contributed by atoms with Crippen molar-refractivity contribution in [3.05, 3.63) is 35.4 Å². The molecule has 0 aliphatic carbocycles. The van der Waals surface area contributed by atoms with E-state index in [-0.39, 0.29) is 11.1 Å². The molecule has 0 aliphatic heterocycles. The molecule has 1 rings (SSSR count). The first-order valence-corrected chi connectivity index (χ1v) is 5.18. The van der Waals surface area contributed by atoms with Crippen LogP contribution in [0.3, 0.4) is 0 Å². The quantitative estimate of drug-likeness (QED) is 0.814. The van der Waals surface area contributed by atoms with Crippen LogP contribution >= 0.6 is 0 Å². The third-order valence-corrected chi connectivity index (χ3v) is 2.31. The van der Waals surface area contributed by atoms with Crippen LogP contribution in [0.15, 0.2) is 24.3 Å². The summed E-state index contributed by atoms with van der Waals surface area (Å²) in [6.45, 7) is -1.41. The van der Waals surface area contributed by atoms with E-state index in [4.69, 9.17) is 5.73 Å². The summed E-state index contributed by atoms with van der Waals surface area (Å²) < 4.78 is 60.8. The zero-order chi connectivity index (χ0) is 14.6. The fourth-order valence-electron chi connectivity index (χ4n) is 1.43. The van der Waals surface area contributed by atoms with Crippen molar-refractivity contribution in [2.45, 2.75) is 18.6 Å². The van der Waals surface area contributed by atoms with E-state index in [9.17, 15) is 26.7 Å².